The molecule has 0 aliphatic rings. The predicted octanol–water partition coefficient (Wildman–Crippen LogP) is 3.92. The molecule has 0 aliphatic carbocycles. The number of nitrogens with one attached hydrogen (secondary N) is 1. The highest BCUT2D eigenvalue weighted by molar-refractivity contribution is 6.17. The number of hydrogen-bond acceptors (Lipinski definition) is 3. The van der Waals surface area contributed by atoms with Crippen LogP contribution in [-0.4, -0.2) is 15.7 Å². The zero-order valence-corrected chi connectivity index (χ0v) is 12.2. The molecule has 3 aromatic rings. The zero-order valence-electron chi connectivity index (χ0n) is 12.2. The third kappa shape index (κ3) is 2.26. The number of rotatable bonds is 3. The number of aryl methyl sites for hydroxylation is 2. The highest BCUT2D eigenvalue weighted by Gasteiger charge is 2.18. The van der Waals surface area contributed by atoms with E-state index in [1.807, 2.05) is 32.0 Å². The van der Waals surface area contributed by atoms with E-state index in [1.54, 1.807) is 0 Å². The van der Waals surface area contributed by atoms with Gasteiger partial charge in [-0.05, 0) is 38.1 Å². The van der Waals surface area contributed by atoms with Gasteiger partial charge in [-0.1, -0.05) is 11.6 Å². The number of non-ortho nitro benzene ring substituents is 1. The molecule has 0 amide bonds. The van der Waals surface area contributed by atoms with Crippen LogP contribution in [0.15, 0.2) is 42.5 Å². The van der Waals surface area contributed by atoms with Crippen molar-refractivity contribution in [1.29, 1.82) is 0 Å². The minimum atomic E-state index is -0.478. The quantitative estimate of drug-likeness (QED) is 0.452. The fourth-order valence-electron chi connectivity index (χ4n) is 2.61. The van der Waals surface area contributed by atoms with E-state index in [-0.39, 0.29) is 11.5 Å². The fourth-order valence-corrected chi connectivity index (χ4v) is 2.61. The van der Waals surface area contributed by atoms with E-state index in [0.29, 0.717) is 11.1 Å². The molecule has 0 saturated carbocycles. The van der Waals surface area contributed by atoms with E-state index in [1.165, 1.54) is 24.3 Å². The number of benzene rings is 2. The molecular weight excluding hydrogens is 280 g/mol. The Labute approximate surface area is 126 Å². The Morgan fingerprint density at radius 1 is 1.09 bits per heavy atom. The summed E-state index contributed by atoms with van der Waals surface area (Å²) in [5.41, 5.74) is 3.81. The van der Waals surface area contributed by atoms with E-state index < -0.39 is 4.92 Å². The molecule has 0 atom stereocenters. The number of fused-ring (bicyclic) bond motifs is 1. The van der Waals surface area contributed by atoms with E-state index in [4.69, 9.17) is 0 Å². The van der Waals surface area contributed by atoms with Crippen LogP contribution < -0.4 is 0 Å². The summed E-state index contributed by atoms with van der Waals surface area (Å²) in [6.45, 7) is 3.83. The van der Waals surface area contributed by atoms with Crippen LogP contribution in [0.3, 0.4) is 0 Å². The van der Waals surface area contributed by atoms with Crippen LogP contribution in [0.1, 0.15) is 27.2 Å². The van der Waals surface area contributed by atoms with Crippen LogP contribution in [0.4, 0.5) is 5.69 Å². The molecule has 2 aromatic carbocycles. The monoisotopic (exact) mass is 294 g/mol. The maximum absolute atomic E-state index is 12.7. The molecule has 0 bridgehead atoms. The third-order valence-electron chi connectivity index (χ3n) is 3.71. The lowest BCUT2D eigenvalue weighted by molar-refractivity contribution is -0.384. The van der Waals surface area contributed by atoms with Gasteiger partial charge in [0.05, 0.1) is 10.5 Å². The van der Waals surface area contributed by atoms with E-state index in [2.05, 4.69) is 4.98 Å². The summed E-state index contributed by atoms with van der Waals surface area (Å²) in [7, 11) is 0. The van der Waals surface area contributed by atoms with Gasteiger partial charge in [-0.15, -0.1) is 0 Å². The van der Waals surface area contributed by atoms with Gasteiger partial charge in [-0.25, -0.2) is 0 Å². The summed E-state index contributed by atoms with van der Waals surface area (Å²) in [5, 5.41) is 11.6. The van der Waals surface area contributed by atoms with Gasteiger partial charge < -0.3 is 4.98 Å². The molecular formula is C17H14N2O3. The largest absolute Gasteiger partial charge is 0.358 e. The van der Waals surface area contributed by atoms with Crippen molar-refractivity contribution in [1.82, 2.24) is 4.98 Å². The molecule has 0 unspecified atom stereocenters. The number of nitro groups is 1. The second-order valence-electron chi connectivity index (χ2n) is 5.31. The smallest absolute Gasteiger partial charge is 0.269 e. The number of ketones is 1. The number of H-pyrrole nitrogens is 1. The lowest BCUT2D eigenvalue weighted by Crippen LogP contribution is -2.02. The summed E-state index contributed by atoms with van der Waals surface area (Å²) in [4.78, 5) is 26.2. The Hall–Kier alpha value is -2.95. The van der Waals surface area contributed by atoms with Crippen molar-refractivity contribution in [2.45, 2.75) is 13.8 Å². The summed E-state index contributed by atoms with van der Waals surface area (Å²) in [5.74, 6) is -0.135. The molecule has 0 spiro atoms. The third-order valence-corrected chi connectivity index (χ3v) is 3.71. The number of nitro benzene ring substituents is 1. The van der Waals surface area contributed by atoms with Crippen LogP contribution in [0, 0.1) is 24.0 Å². The van der Waals surface area contributed by atoms with Gasteiger partial charge in [0.2, 0.25) is 0 Å². The lowest BCUT2D eigenvalue weighted by Gasteiger charge is -2.02. The highest BCUT2D eigenvalue weighted by Crippen LogP contribution is 2.26. The molecule has 1 aromatic heterocycles. The van der Waals surface area contributed by atoms with E-state index in [0.717, 1.165) is 22.2 Å². The number of nitrogens with zero attached hydrogens (tertiary/aromatic N) is 1. The van der Waals surface area contributed by atoms with Crippen LogP contribution in [-0.2, 0) is 0 Å². The van der Waals surface area contributed by atoms with Crippen molar-refractivity contribution in [3.05, 3.63) is 75.0 Å². The highest BCUT2D eigenvalue weighted by atomic mass is 16.6. The maximum atomic E-state index is 12.7. The van der Waals surface area contributed by atoms with Gasteiger partial charge in [0.15, 0.2) is 5.78 Å². The minimum absolute atomic E-state index is 0.0250. The Bertz CT molecular complexity index is 892. The SMILES string of the molecule is Cc1ccc2[nH]c(C)c(C(=O)c3ccc([N+](=O)[O-])cc3)c2c1. The Morgan fingerprint density at radius 3 is 2.41 bits per heavy atom. The fraction of sp³-hybridized carbons (Fsp3) is 0.118. The van der Waals surface area contributed by atoms with Gasteiger partial charge in [0, 0.05) is 34.3 Å². The van der Waals surface area contributed by atoms with E-state index in [9.17, 15) is 14.9 Å². The molecule has 5 heteroatoms. The molecule has 1 heterocycles. The topological polar surface area (TPSA) is 76.0 Å². The number of aromatic nitrogens is 1. The summed E-state index contributed by atoms with van der Waals surface area (Å²) in [6.07, 6.45) is 0. The second-order valence-corrected chi connectivity index (χ2v) is 5.31. The zero-order chi connectivity index (χ0) is 15.9. The van der Waals surface area contributed by atoms with Gasteiger partial charge in [0.1, 0.15) is 0 Å². The molecule has 110 valence electrons. The van der Waals surface area contributed by atoms with Crippen molar-refractivity contribution >= 4 is 22.4 Å². The molecule has 5 nitrogen and oxygen atoms in total. The van der Waals surface area contributed by atoms with Crippen LogP contribution in [0.2, 0.25) is 0 Å². The van der Waals surface area contributed by atoms with Gasteiger partial charge >= 0.3 is 0 Å². The first-order chi connectivity index (χ1) is 10.5. The predicted molar refractivity (Wildman–Crippen MR) is 84.3 cm³/mol. The number of carbonyl (C=O) groups excluding carboxylic acids is 1. The standard InChI is InChI=1S/C17H14N2O3/c1-10-3-8-15-14(9-10)16(11(2)18-15)17(20)12-4-6-13(7-5-12)19(21)22/h3-9,18H,1-2H3. The van der Waals surface area contributed by atoms with Crippen LogP contribution in [0.5, 0.6) is 0 Å². The van der Waals surface area contributed by atoms with Gasteiger partial charge in [-0.3, -0.25) is 14.9 Å². The average molecular weight is 294 g/mol. The van der Waals surface area contributed by atoms with Gasteiger partial charge in [-0.2, -0.15) is 0 Å². The van der Waals surface area contributed by atoms with Crippen LogP contribution >= 0.6 is 0 Å². The summed E-state index contributed by atoms with van der Waals surface area (Å²) >= 11 is 0. The average Bonchev–Trinajstić information content (AvgIpc) is 2.82. The molecule has 1 N–H and O–H groups in total. The Balaban J connectivity index is 2.10. The second kappa shape index (κ2) is 5.11. The molecule has 0 radical (unpaired) electrons. The molecule has 0 aliphatic heterocycles. The molecule has 3 rings (SSSR count). The first-order valence-electron chi connectivity index (χ1n) is 6.85. The molecule has 0 saturated heterocycles. The number of aromatic amines is 1. The van der Waals surface area contributed by atoms with Crippen molar-refractivity contribution in [2.75, 3.05) is 0 Å². The van der Waals surface area contributed by atoms with Crippen molar-refractivity contribution in [3.63, 3.8) is 0 Å². The number of hydrogen-bond donors (Lipinski definition) is 1. The van der Waals surface area contributed by atoms with Crippen molar-refractivity contribution in [3.8, 4) is 0 Å². The lowest BCUT2D eigenvalue weighted by atomic mass is 9.99. The Morgan fingerprint density at radius 2 is 1.77 bits per heavy atom. The Kier molecular flexibility index (Phi) is 3.25. The molecule has 0 fully saturated rings. The first kappa shape index (κ1) is 14.0. The maximum Gasteiger partial charge on any atom is 0.269 e. The van der Waals surface area contributed by atoms with Crippen molar-refractivity contribution in [2.24, 2.45) is 0 Å². The number of carbonyl (C=O) groups is 1. The molecule has 22 heavy (non-hydrogen) atoms. The summed E-state index contributed by atoms with van der Waals surface area (Å²) < 4.78 is 0. The first-order valence-corrected chi connectivity index (χ1v) is 6.85. The van der Waals surface area contributed by atoms with Gasteiger partial charge in [0.25, 0.3) is 5.69 Å². The van der Waals surface area contributed by atoms with Crippen molar-refractivity contribution < 1.29 is 9.72 Å². The normalized spacial score (nSPS) is 10.8. The minimum Gasteiger partial charge on any atom is -0.358 e. The van der Waals surface area contributed by atoms with E-state index >= 15 is 0 Å². The van der Waals surface area contributed by atoms with Crippen LogP contribution in [0.25, 0.3) is 10.9 Å². The summed E-state index contributed by atoms with van der Waals surface area (Å²) in [6, 6.07) is 11.6.